The van der Waals surface area contributed by atoms with E-state index in [1.165, 1.54) is 25.2 Å². The van der Waals surface area contributed by atoms with E-state index in [0.29, 0.717) is 16.8 Å². The number of nitrogens with zero attached hydrogens (tertiary/aromatic N) is 2. The van der Waals surface area contributed by atoms with Crippen molar-refractivity contribution in [1.29, 1.82) is 0 Å². The Labute approximate surface area is 150 Å². The third-order valence-corrected chi connectivity index (χ3v) is 4.00. The number of rotatable bonds is 3. The Balaban J connectivity index is 1.79. The van der Waals surface area contributed by atoms with E-state index in [9.17, 15) is 32.3 Å². The van der Waals surface area contributed by atoms with Crippen LogP contribution in [0.5, 0.6) is 0 Å². The van der Waals surface area contributed by atoms with Crippen molar-refractivity contribution in [3.8, 4) is 0 Å². The van der Waals surface area contributed by atoms with Crippen LogP contribution in [0, 0.1) is 0 Å². The molecule has 0 saturated heterocycles. The molecule has 27 heavy (non-hydrogen) atoms. The first-order valence-electron chi connectivity index (χ1n) is 7.62. The highest BCUT2D eigenvalue weighted by molar-refractivity contribution is 6.21. The zero-order valence-corrected chi connectivity index (χ0v) is 13.8. The van der Waals surface area contributed by atoms with Crippen LogP contribution in [0.15, 0.2) is 41.3 Å². The predicted molar refractivity (Wildman–Crippen MR) is 87.2 cm³/mol. The third-order valence-electron chi connectivity index (χ3n) is 4.00. The molecule has 1 aliphatic heterocycles. The molecule has 2 aromatic rings. The van der Waals surface area contributed by atoms with Crippen molar-refractivity contribution in [2.75, 3.05) is 12.4 Å². The summed E-state index contributed by atoms with van der Waals surface area (Å²) in [6.45, 7) is -0.646. The van der Waals surface area contributed by atoms with Crippen LogP contribution in [0.4, 0.5) is 18.9 Å². The van der Waals surface area contributed by atoms with Crippen molar-refractivity contribution >= 4 is 23.4 Å². The van der Waals surface area contributed by atoms with E-state index in [1.54, 1.807) is 0 Å². The summed E-state index contributed by atoms with van der Waals surface area (Å²) in [5.41, 5.74) is -1.35. The third kappa shape index (κ3) is 3.46. The lowest BCUT2D eigenvalue weighted by Crippen LogP contribution is -2.28. The Morgan fingerprint density at radius 3 is 2.37 bits per heavy atom. The summed E-state index contributed by atoms with van der Waals surface area (Å²) in [5.74, 6) is -1.76. The summed E-state index contributed by atoms with van der Waals surface area (Å²) in [5, 5.41) is 2.39. The summed E-state index contributed by atoms with van der Waals surface area (Å²) in [6, 6.07) is 5.41. The maximum absolute atomic E-state index is 12.7. The Morgan fingerprint density at radius 1 is 1.04 bits per heavy atom. The average Bonchev–Trinajstić information content (AvgIpc) is 2.80. The SMILES string of the molecule is CN1C(=O)c2ccc(NC(=O)Cn3cc(C(F)(F)F)ccc3=O)cc2C1=O. The molecule has 1 aromatic carbocycles. The first-order chi connectivity index (χ1) is 12.6. The van der Waals surface area contributed by atoms with Gasteiger partial charge in [-0.25, -0.2) is 0 Å². The number of imide groups is 1. The highest BCUT2D eigenvalue weighted by Crippen LogP contribution is 2.28. The monoisotopic (exact) mass is 379 g/mol. The summed E-state index contributed by atoms with van der Waals surface area (Å²) in [7, 11) is 1.32. The minimum Gasteiger partial charge on any atom is -0.325 e. The van der Waals surface area contributed by atoms with E-state index in [-0.39, 0.29) is 16.8 Å². The lowest BCUT2D eigenvalue weighted by molar-refractivity contribution is -0.138. The Kier molecular flexibility index (Phi) is 4.34. The number of alkyl halides is 3. The van der Waals surface area contributed by atoms with E-state index in [4.69, 9.17) is 0 Å². The molecular formula is C17H12F3N3O4. The van der Waals surface area contributed by atoms with Gasteiger partial charge in [-0.2, -0.15) is 13.2 Å². The Bertz CT molecular complexity index is 1030. The number of fused-ring (bicyclic) bond motifs is 1. The van der Waals surface area contributed by atoms with Gasteiger partial charge in [0, 0.05) is 25.0 Å². The molecule has 0 bridgehead atoms. The topological polar surface area (TPSA) is 88.5 Å². The standard InChI is InChI=1S/C17H12F3N3O4/c1-22-15(26)11-4-3-10(6-12(11)16(22)27)21-13(24)8-23-7-9(17(18,19)20)2-5-14(23)25/h2-7H,8H2,1H3,(H,21,24). The lowest BCUT2D eigenvalue weighted by atomic mass is 10.1. The number of halogens is 3. The van der Waals surface area contributed by atoms with Crippen LogP contribution >= 0.6 is 0 Å². The summed E-state index contributed by atoms with van der Waals surface area (Å²) >= 11 is 0. The fourth-order valence-corrected chi connectivity index (χ4v) is 2.62. The number of hydrogen-bond acceptors (Lipinski definition) is 4. The molecule has 7 nitrogen and oxygen atoms in total. The van der Waals surface area contributed by atoms with Gasteiger partial charge in [0.2, 0.25) is 5.91 Å². The van der Waals surface area contributed by atoms with Gasteiger partial charge >= 0.3 is 6.18 Å². The summed E-state index contributed by atoms with van der Waals surface area (Å²) < 4.78 is 38.8. The molecule has 1 aliphatic rings. The normalized spacial score (nSPS) is 13.7. The summed E-state index contributed by atoms with van der Waals surface area (Å²) in [4.78, 5) is 48.5. The van der Waals surface area contributed by atoms with Crippen LogP contribution in [0.25, 0.3) is 0 Å². The molecular weight excluding hydrogens is 367 g/mol. The first kappa shape index (κ1) is 18.4. The van der Waals surface area contributed by atoms with Gasteiger partial charge in [-0.1, -0.05) is 0 Å². The van der Waals surface area contributed by atoms with E-state index in [0.717, 1.165) is 11.0 Å². The number of carbonyl (C=O) groups is 3. The maximum atomic E-state index is 12.7. The molecule has 0 fully saturated rings. The van der Waals surface area contributed by atoms with E-state index in [1.807, 2.05) is 0 Å². The van der Waals surface area contributed by atoms with Crippen LogP contribution in [0.2, 0.25) is 0 Å². The van der Waals surface area contributed by atoms with Gasteiger partial charge in [-0.15, -0.1) is 0 Å². The molecule has 0 spiro atoms. The van der Waals surface area contributed by atoms with Crippen LogP contribution in [0.3, 0.4) is 0 Å². The lowest BCUT2D eigenvalue weighted by Gasteiger charge is -2.11. The number of amides is 3. The molecule has 0 aliphatic carbocycles. The highest BCUT2D eigenvalue weighted by Gasteiger charge is 2.33. The fourth-order valence-electron chi connectivity index (χ4n) is 2.62. The summed E-state index contributed by atoms with van der Waals surface area (Å²) in [6.07, 6.45) is -4.09. The van der Waals surface area contributed by atoms with Gasteiger partial charge in [-0.3, -0.25) is 24.1 Å². The molecule has 0 saturated carbocycles. The van der Waals surface area contributed by atoms with E-state index in [2.05, 4.69) is 5.32 Å². The molecule has 3 amide bonds. The van der Waals surface area contributed by atoms with E-state index < -0.39 is 41.6 Å². The smallest absolute Gasteiger partial charge is 0.325 e. The van der Waals surface area contributed by atoms with Crippen molar-refractivity contribution in [3.63, 3.8) is 0 Å². The molecule has 0 radical (unpaired) electrons. The number of anilines is 1. The molecule has 2 heterocycles. The van der Waals surface area contributed by atoms with Crippen molar-refractivity contribution in [2.45, 2.75) is 12.7 Å². The molecule has 1 N–H and O–H groups in total. The van der Waals surface area contributed by atoms with Crippen LogP contribution in [-0.2, 0) is 17.5 Å². The molecule has 10 heteroatoms. The quantitative estimate of drug-likeness (QED) is 0.823. The van der Waals surface area contributed by atoms with Crippen molar-refractivity contribution < 1.29 is 27.6 Å². The predicted octanol–water partition coefficient (Wildman–Crippen LogP) is 1.73. The molecule has 0 unspecified atom stereocenters. The first-order valence-corrected chi connectivity index (χ1v) is 7.62. The van der Waals surface area contributed by atoms with Crippen LogP contribution in [0.1, 0.15) is 26.3 Å². The van der Waals surface area contributed by atoms with Crippen molar-refractivity contribution in [1.82, 2.24) is 9.47 Å². The van der Waals surface area contributed by atoms with Gasteiger partial charge in [0.15, 0.2) is 0 Å². The second-order valence-electron chi connectivity index (χ2n) is 5.86. The maximum Gasteiger partial charge on any atom is 0.417 e. The second kappa shape index (κ2) is 6.38. The number of pyridine rings is 1. The van der Waals surface area contributed by atoms with Gasteiger partial charge in [0.05, 0.1) is 16.7 Å². The average molecular weight is 379 g/mol. The molecule has 0 atom stereocenters. The van der Waals surface area contributed by atoms with Crippen molar-refractivity contribution in [2.24, 2.45) is 0 Å². The van der Waals surface area contributed by atoms with E-state index >= 15 is 0 Å². The van der Waals surface area contributed by atoms with Gasteiger partial charge < -0.3 is 9.88 Å². The van der Waals surface area contributed by atoms with Gasteiger partial charge in [0.1, 0.15) is 6.54 Å². The zero-order chi connectivity index (χ0) is 19.9. The fraction of sp³-hybridized carbons (Fsp3) is 0.176. The minimum atomic E-state index is -4.65. The molecule has 3 rings (SSSR count). The van der Waals surface area contributed by atoms with Crippen molar-refractivity contribution in [3.05, 3.63) is 63.6 Å². The van der Waals surface area contributed by atoms with Crippen LogP contribution in [-0.4, -0.2) is 34.2 Å². The number of benzene rings is 1. The number of hydrogen-bond donors (Lipinski definition) is 1. The second-order valence-corrected chi connectivity index (χ2v) is 5.86. The number of nitrogens with one attached hydrogen (secondary N) is 1. The largest absolute Gasteiger partial charge is 0.417 e. The van der Waals surface area contributed by atoms with Crippen LogP contribution < -0.4 is 10.9 Å². The molecule has 140 valence electrons. The number of aromatic nitrogens is 1. The number of carbonyl (C=O) groups excluding carboxylic acids is 3. The van der Waals surface area contributed by atoms with Gasteiger partial charge in [0.25, 0.3) is 17.4 Å². The zero-order valence-electron chi connectivity index (χ0n) is 13.8. The Hall–Kier alpha value is -3.43. The minimum absolute atomic E-state index is 0.108. The van der Waals surface area contributed by atoms with Gasteiger partial charge in [-0.05, 0) is 24.3 Å². The Morgan fingerprint density at radius 2 is 1.70 bits per heavy atom. The molecule has 1 aromatic heterocycles. The highest BCUT2D eigenvalue weighted by atomic mass is 19.4.